The lowest BCUT2D eigenvalue weighted by Gasteiger charge is -2.25. The maximum absolute atomic E-state index is 15.7. The van der Waals surface area contributed by atoms with E-state index in [0.717, 1.165) is 0 Å². The van der Waals surface area contributed by atoms with Gasteiger partial charge >= 0.3 is 13.5 Å². The average molecular weight is 583 g/mol. The van der Waals surface area contributed by atoms with Crippen LogP contribution in [-0.2, 0) is 43.9 Å². The number of fused-ring (bicyclic) bond motifs is 4. The van der Waals surface area contributed by atoms with Crippen LogP contribution in [0.15, 0.2) is 12.7 Å². The lowest BCUT2D eigenvalue weighted by Crippen LogP contribution is -2.35. The summed E-state index contributed by atoms with van der Waals surface area (Å²) in [6, 6.07) is 0. The molecule has 10 atom stereocenters. The molecule has 0 saturated carbocycles. The number of aliphatic hydroxyl groups is 1. The third-order valence-electron chi connectivity index (χ3n) is 5.74. The standard InChI is InChI=1S/C17H20FN5O9P2S2/c1-2-7-14-12(24)8(29-7)3-27-33(25,35)31-13-9(4-28-34(26,36)32-14)30-17(10(13)18)23-6-22-11-15(19)20-5-21-16(11)23/h1,5-10,12-14,17,24H,3-4H2,(H,25,35)(H,26,36)(H2,19,20,21)/t7-,8+,9?,10+,12+,13+,14-,17+,33?,34?/m0/s1. The summed E-state index contributed by atoms with van der Waals surface area (Å²) >= 11 is 8.98. The molecule has 0 aromatic carbocycles. The van der Waals surface area contributed by atoms with E-state index in [0.29, 0.717) is 0 Å². The number of ether oxygens (including phenoxy) is 2. The van der Waals surface area contributed by atoms with Crippen LogP contribution in [0.2, 0.25) is 0 Å². The molecule has 0 spiro atoms. The van der Waals surface area contributed by atoms with Gasteiger partial charge in [-0.2, -0.15) is 0 Å². The van der Waals surface area contributed by atoms with Gasteiger partial charge in [0.25, 0.3) is 0 Å². The van der Waals surface area contributed by atoms with Crippen LogP contribution in [0.5, 0.6) is 0 Å². The van der Waals surface area contributed by atoms with Gasteiger partial charge in [-0.1, -0.05) is 18.2 Å². The number of imidazole rings is 1. The van der Waals surface area contributed by atoms with Crippen LogP contribution >= 0.6 is 25.8 Å². The van der Waals surface area contributed by atoms with Gasteiger partial charge in [-0.3, -0.25) is 18.1 Å². The van der Waals surface area contributed by atoms with Crippen LogP contribution in [0.25, 0.3) is 11.2 Å². The van der Waals surface area contributed by atoms with Gasteiger partial charge in [-0.15, -0.1) is 6.42 Å². The Bertz CT molecular complexity index is 1300. The molecule has 3 saturated heterocycles. The third kappa shape index (κ3) is 4.94. The molecular weight excluding hydrogens is 563 g/mol. The number of nitrogen functional groups attached to an aromatic ring is 1. The molecule has 14 nitrogen and oxygen atoms in total. The van der Waals surface area contributed by atoms with Crippen molar-refractivity contribution in [3.63, 3.8) is 0 Å². The Morgan fingerprint density at radius 2 is 1.97 bits per heavy atom. The second-order valence-electron chi connectivity index (χ2n) is 8.01. The van der Waals surface area contributed by atoms with Gasteiger partial charge in [0.15, 0.2) is 23.9 Å². The molecule has 3 aliphatic heterocycles. The summed E-state index contributed by atoms with van der Waals surface area (Å²) in [5.41, 5.74) is 6.19. The van der Waals surface area contributed by atoms with Gasteiger partial charge in [0.1, 0.15) is 48.5 Å². The van der Waals surface area contributed by atoms with E-state index in [-0.39, 0.29) is 17.0 Å². The molecule has 4 N–H and O–H groups in total. The normalized spacial score (nSPS) is 43.8. The Hall–Kier alpha value is -1.25. The minimum atomic E-state index is -4.19. The fraction of sp³-hybridized carbons (Fsp3) is 0.588. The number of hydrogen-bond donors (Lipinski definition) is 4. The molecule has 0 aliphatic carbocycles. The number of nitrogens with zero attached hydrogens (tertiary/aromatic N) is 4. The Morgan fingerprint density at radius 3 is 2.72 bits per heavy atom. The molecule has 19 heteroatoms. The van der Waals surface area contributed by atoms with Crippen molar-refractivity contribution in [2.75, 3.05) is 18.9 Å². The fourth-order valence-electron chi connectivity index (χ4n) is 4.06. The molecule has 0 radical (unpaired) electrons. The molecule has 36 heavy (non-hydrogen) atoms. The van der Waals surface area contributed by atoms with Crippen molar-refractivity contribution in [1.82, 2.24) is 19.5 Å². The van der Waals surface area contributed by atoms with Crippen molar-refractivity contribution in [1.29, 1.82) is 0 Å². The van der Waals surface area contributed by atoms with E-state index >= 15 is 4.39 Å². The van der Waals surface area contributed by atoms with Gasteiger partial charge in [-0.25, -0.2) is 23.9 Å². The number of halogens is 1. The second-order valence-corrected chi connectivity index (χ2v) is 13.7. The molecule has 5 heterocycles. The van der Waals surface area contributed by atoms with Gasteiger partial charge in [0, 0.05) is 0 Å². The van der Waals surface area contributed by atoms with Crippen LogP contribution in [0.1, 0.15) is 6.23 Å². The quantitative estimate of drug-likeness (QED) is 0.207. The molecule has 196 valence electrons. The minimum Gasteiger partial charge on any atom is -0.387 e. The number of terminal acetylenes is 1. The lowest BCUT2D eigenvalue weighted by molar-refractivity contribution is -0.0442. The zero-order chi connectivity index (χ0) is 25.8. The van der Waals surface area contributed by atoms with E-state index in [2.05, 4.69) is 33.1 Å². The smallest absolute Gasteiger partial charge is 0.386 e. The van der Waals surface area contributed by atoms with E-state index in [9.17, 15) is 14.6 Å². The predicted molar refractivity (Wildman–Crippen MR) is 127 cm³/mol. The molecule has 2 aromatic rings. The van der Waals surface area contributed by atoms with Crippen molar-refractivity contribution in [2.45, 2.75) is 49.0 Å². The van der Waals surface area contributed by atoms with E-state index in [1.807, 2.05) is 0 Å². The first-order chi connectivity index (χ1) is 17.0. The topological polar surface area (TPSA) is 183 Å². The van der Waals surface area contributed by atoms with E-state index < -0.39 is 75.8 Å². The lowest BCUT2D eigenvalue weighted by atomic mass is 10.1. The molecule has 3 fully saturated rings. The SMILES string of the molecule is C#C[C@@H]1O[C@@H]2COP(O)(=S)O[C@@H]3C(COP(=O)(S)O[C@@H]1[C@@H]2O)O[C@@H](n1cnc2c(N)ncnc21)[C@@H]3F. The van der Waals surface area contributed by atoms with E-state index in [4.69, 9.17) is 51.5 Å². The summed E-state index contributed by atoms with van der Waals surface area (Å²) < 4.78 is 62.6. The summed E-state index contributed by atoms with van der Waals surface area (Å²) in [5.74, 6) is 2.34. The van der Waals surface area contributed by atoms with Gasteiger partial charge in [-0.05, 0) is 11.8 Å². The zero-order valence-corrected chi connectivity index (χ0v) is 21.5. The first-order valence-corrected chi connectivity index (χ1v) is 15.6. The van der Waals surface area contributed by atoms with Crippen molar-refractivity contribution >= 4 is 54.6 Å². The van der Waals surface area contributed by atoms with Crippen LogP contribution < -0.4 is 5.73 Å². The molecule has 2 bridgehead atoms. The van der Waals surface area contributed by atoms with E-state index in [1.54, 1.807) is 0 Å². The van der Waals surface area contributed by atoms with Gasteiger partial charge < -0.3 is 29.7 Å². The minimum absolute atomic E-state index is 0.0750. The van der Waals surface area contributed by atoms with Gasteiger partial charge in [0.2, 0.25) is 0 Å². The number of hydrogen-bond acceptors (Lipinski definition) is 13. The zero-order valence-electron chi connectivity index (χ0n) is 18.0. The highest BCUT2D eigenvalue weighted by Gasteiger charge is 2.52. The van der Waals surface area contributed by atoms with Crippen LogP contribution in [0, 0.1) is 12.3 Å². The second kappa shape index (κ2) is 9.81. The Kier molecular flexibility index (Phi) is 7.18. The number of aromatic nitrogens is 4. The number of nitrogens with two attached hydrogens (primary N) is 1. The monoisotopic (exact) mass is 583 g/mol. The summed E-state index contributed by atoms with van der Waals surface area (Å²) in [5, 5.41) is 10.5. The molecular formula is C17H20FN5O9P2S2. The average Bonchev–Trinajstić information content (AvgIpc) is 3.46. The number of alkyl halides is 1. The largest absolute Gasteiger partial charge is 0.387 e. The van der Waals surface area contributed by atoms with Crippen molar-refractivity contribution in [3.8, 4) is 12.3 Å². The highest BCUT2D eigenvalue weighted by atomic mass is 32.7. The molecule has 2 aromatic heterocycles. The van der Waals surface area contributed by atoms with Crippen molar-refractivity contribution in [3.05, 3.63) is 12.7 Å². The van der Waals surface area contributed by atoms with Gasteiger partial charge in [0.05, 0.1) is 19.5 Å². The Morgan fingerprint density at radius 1 is 1.22 bits per heavy atom. The molecule has 5 rings (SSSR count). The summed E-state index contributed by atoms with van der Waals surface area (Å²) in [7, 11) is 0. The molecule has 3 unspecified atom stereocenters. The Balaban J connectivity index is 1.46. The summed E-state index contributed by atoms with van der Waals surface area (Å²) in [6.45, 7) is -9.37. The highest BCUT2D eigenvalue weighted by molar-refractivity contribution is 8.44. The maximum atomic E-state index is 15.7. The number of rotatable bonds is 1. The Labute approximate surface area is 213 Å². The molecule has 0 amide bonds. The summed E-state index contributed by atoms with van der Waals surface area (Å²) in [6.07, 6.45) is -3.29. The number of aliphatic hydroxyl groups excluding tert-OH is 1. The fourth-order valence-corrected chi connectivity index (χ4v) is 6.97. The van der Waals surface area contributed by atoms with Crippen LogP contribution in [0.3, 0.4) is 0 Å². The third-order valence-corrected chi connectivity index (χ3v) is 8.92. The predicted octanol–water partition coefficient (Wildman–Crippen LogP) is 0.477. The van der Waals surface area contributed by atoms with Crippen molar-refractivity contribution in [2.24, 2.45) is 0 Å². The maximum Gasteiger partial charge on any atom is 0.386 e. The number of anilines is 1. The highest BCUT2D eigenvalue weighted by Crippen LogP contribution is 2.57. The molecule has 3 aliphatic rings. The van der Waals surface area contributed by atoms with Crippen molar-refractivity contribution < 1.29 is 46.5 Å². The van der Waals surface area contributed by atoms with Crippen LogP contribution in [0.4, 0.5) is 10.2 Å². The van der Waals surface area contributed by atoms with E-state index in [1.165, 1.54) is 17.2 Å². The first kappa shape index (κ1) is 26.4. The first-order valence-electron chi connectivity index (χ1n) is 10.3. The van der Waals surface area contributed by atoms with Crippen LogP contribution in [-0.4, -0.2) is 85.5 Å². The summed E-state index contributed by atoms with van der Waals surface area (Å²) in [4.78, 5) is 22.6. The number of thiol groups is 1.